The van der Waals surface area contributed by atoms with E-state index < -0.39 is 23.6 Å². The minimum absolute atomic E-state index is 0.0421. The molecule has 0 bridgehead atoms. The maximum atomic E-state index is 16.0. The zero-order valence-electron chi connectivity index (χ0n) is 31.6. The van der Waals surface area contributed by atoms with E-state index in [0.717, 1.165) is 47.6 Å². The number of benzene rings is 2. The smallest absolute Gasteiger partial charge is 0.319 e. The van der Waals surface area contributed by atoms with Crippen LogP contribution in [0.1, 0.15) is 55.8 Å². The van der Waals surface area contributed by atoms with Crippen molar-refractivity contribution in [3.63, 3.8) is 0 Å². The van der Waals surface area contributed by atoms with E-state index in [0.29, 0.717) is 42.7 Å². The van der Waals surface area contributed by atoms with Crippen molar-refractivity contribution in [2.75, 3.05) is 50.3 Å². The average molecular weight is 807 g/mol. The highest BCUT2D eigenvalue weighted by Crippen LogP contribution is 2.45. The highest BCUT2D eigenvalue weighted by Gasteiger charge is 2.49. The van der Waals surface area contributed by atoms with E-state index in [-0.39, 0.29) is 47.2 Å². The average Bonchev–Trinajstić information content (AvgIpc) is 3.69. The Hall–Kier alpha value is -4.72. The zero-order chi connectivity index (χ0) is 39.1. The van der Waals surface area contributed by atoms with Crippen LogP contribution in [-0.4, -0.2) is 83.1 Å². The number of nitrogens with zero attached hydrogens (tertiary/aromatic N) is 7. The molecule has 8 rings (SSSR count). The summed E-state index contributed by atoms with van der Waals surface area (Å²) in [6.07, 6.45) is 2.81. The molecule has 0 N–H and O–H groups in total. The molecule has 3 aromatic heterocycles. The molecule has 2 fully saturated rings. The highest BCUT2D eigenvalue weighted by atomic mass is 35.5. The molecule has 6 heterocycles. The van der Waals surface area contributed by atoms with Crippen LogP contribution in [0.5, 0.6) is 23.4 Å². The van der Waals surface area contributed by atoms with Gasteiger partial charge in [-0.15, -0.1) is 0 Å². The Bertz CT molecular complexity index is 2170. The first kappa shape index (κ1) is 38.2. The van der Waals surface area contributed by atoms with Gasteiger partial charge in [-0.2, -0.15) is 15.0 Å². The van der Waals surface area contributed by atoms with E-state index in [1.54, 1.807) is 20.4 Å². The van der Waals surface area contributed by atoms with E-state index in [9.17, 15) is 4.39 Å². The fraction of sp³-hybridized carbons (Fsp3) is 0.415. The number of rotatable bonds is 12. The van der Waals surface area contributed by atoms with Crippen LogP contribution in [0, 0.1) is 5.82 Å². The number of pyridine rings is 2. The number of anilines is 2. The second kappa shape index (κ2) is 15.7. The molecule has 0 radical (unpaired) electrons. The van der Waals surface area contributed by atoms with Crippen molar-refractivity contribution in [3.05, 3.63) is 93.5 Å². The minimum Gasteiger partial charge on any atom is -0.497 e. The van der Waals surface area contributed by atoms with E-state index >= 15 is 4.39 Å². The molecule has 15 heteroatoms. The Morgan fingerprint density at radius 1 is 1.00 bits per heavy atom. The standard InChI is InChI=1S/C41H43Cl2F2N7O4/c1-24-22-55-39-33-35(34(45)36(43)48-39)47-40(56-23-41-14-5-15-51(41)21-29(44)17-41)49-38(33)52(24)25(2)32-16-28(42)18-46-37(32)50(19-26-6-10-30(53-3)11-7-26)20-27-8-12-31(54-4)13-9-27/h6-13,16,18,24-25,29H,5,14-15,17,19-23H2,1-4H3/t24-,25+,29+,41-/m0/s1. The summed E-state index contributed by atoms with van der Waals surface area (Å²) in [5, 5.41) is 0.344. The molecule has 3 aliphatic heterocycles. The van der Waals surface area contributed by atoms with Gasteiger partial charge in [0.15, 0.2) is 11.0 Å². The van der Waals surface area contributed by atoms with Crippen LogP contribution in [0.4, 0.5) is 20.4 Å². The summed E-state index contributed by atoms with van der Waals surface area (Å²) in [6.45, 7) is 6.56. The Labute approximate surface area is 334 Å². The number of halogens is 4. The summed E-state index contributed by atoms with van der Waals surface area (Å²) in [6, 6.07) is 16.9. The van der Waals surface area contributed by atoms with Crippen molar-refractivity contribution in [1.29, 1.82) is 0 Å². The second-order valence-electron chi connectivity index (χ2n) is 14.8. The second-order valence-corrected chi connectivity index (χ2v) is 15.6. The molecule has 0 saturated carbocycles. The SMILES string of the molecule is COc1ccc(CN(Cc2ccc(OC)cc2)c2ncc(Cl)cc2[C@@H](C)N2c3nc(OC[C@@]45CCCN4C[C@H](F)C5)nc4c(F)c(Cl)nc(c34)OC[C@@H]2C)cc1. The lowest BCUT2D eigenvalue weighted by molar-refractivity contribution is 0.107. The molecule has 2 saturated heterocycles. The summed E-state index contributed by atoms with van der Waals surface area (Å²) in [7, 11) is 3.28. The van der Waals surface area contributed by atoms with Crippen LogP contribution in [0.15, 0.2) is 60.8 Å². The van der Waals surface area contributed by atoms with Gasteiger partial charge in [-0.25, -0.2) is 13.8 Å². The first-order valence-corrected chi connectivity index (χ1v) is 19.5. The van der Waals surface area contributed by atoms with Gasteiger partial charge in [0.25, 0.3) is 0 Å². The number of ether oxygens (including phenoxy) is 4. The van der Waals surface area contributed by atoms with Crippen molar-refractivity contribution in [1.82, 2.24) is 24.8 Å². The topological polar surface area (TPSA) is 98.2 Å². The van der Waals surface area contributed by atoms with Crippen LogP contribution < -0.4 is 28.7 Å². The van der Waals surface area contributed by atoms with Gasteiger partial charge in [-0.1, -0.05) is 47.5 Å². The van der Waals surface area contributed by atoms with Crippen LogP contribution in [0.3, 0.4) is 0 Å². The van der Waals surface area contributed by atoms with Gasteiger partial charge in [0.1, 0.15) is 53.4 Å². The summed E-state index contributed by atoms with van der Waals surface area (Å²) >= 11 is 13.1. The van der Waals surface area contributed by atoms with Crippen LogP contribution >= 0.6 is 23.2 Å². The molecule has 5 aromatic rings. The molecule has 4 atom stereocenters. The summed E-state index contributed by atoms with van der Waals surface area (Å²) in [4.78, 5) is 25.1. The Morgan fingerprint density at radius 2 is 1.68 bits per heavy atom. The number of methoxy groups -OCH3 is 2. The number of alkyl halides is 1. The fourth-order valence-corrected chi connectivity index (χ4v) is 8.74. The first-order valence-electron chi connectivity index (χ1n) is 18.7. The van der Waals surface area contributed by atoms with E-state index in [1.807, 2.05) is 73.3 Å². The maximum absolute atomic E-state index is 16.0. The predicted octanol–water partition coefficient (Wildman–Crippen LogP) is 8.39. The third kappa shape index (κ3) is 7.32. The van der Waals surface area contributed by atoms with Crippen LogP contribution in [0.2, 0.25) is 10.2 Å². The number of hydrogen-bond acceptors (Lipinski definition) is 11. The quantitative estimate of drug-likeness (QED) is 0.114. The van der Waals surface area contributed by atoms with Crippen molar-refractivity contribution >= 4 is 45.7 Å². The number of fused-ring (bicyclic) bond motifs is 1. The van der Waals surface area contributed by atoms with Crippen LogP contribution in [-0.2, 0) is 13.1 Å². The summed E-state index contributed by atoms with van der Waals surface area (Å²) in [5.74, 6) is 1.87. The monoisotopic (exact) mass is 805 g/mol. The van der Waals surface area contributed by atoms with E-state index in [2.05, 4.69) is 19.8 Å². The largest absolute Gasteiger partial charge is 0.497 e. The zero-order valence-corrected chi connectivity index (χ0v) is 33.2. The third-order valence-electron chi connectivity index (χ3n) is 11.2. The van der Waals surface area contributed by atoms with Gasteiger partial charge >= 0.3 is 6.01 Å². The van der Waals surface area contributed by atoms with Crippen molar-refractivity contribution < 1.29 is 27.7 Å². The molecule has 0 amide bonds. The molecule has 0 aliphatic carbocycles. The Balaban J connectivity index is 1.22. The van der Waals surface area contributed by atoms with Gasteiger partial charge in [0, 0.05) is 37.8 Å². The molecular formula is C41H43Cl2F2N7O4. The van der Waals surface area contributed by atoms with Gasteiger partial charge in [0.2, 0.25) is 5.88 Å². The molecular weight excluding hydrogens is 763 g/mol. The predicted molar refractivity (Wildman–Crippen MR) is 212 cm³/mol. The Morgan fingerprint density at radius 3 is 2.34 bits per heavy atom. The van der Waals surface area contributed by atoms with Crippen molar-refractivity contribution in [2.45, 2.75) is 70.0 Å². The maximum Gasteiger partial charge on any atom is 0.319 e. The highest BCUT2D eigenvalue weighted by molar-refractivity contribution is 6.30. The summed E-state index contributed by atoms with van der Waals surface area (Å²) < 4.78 is 54.0. The van der Waals surface area contributed by atoms with E-state index in [4.69, 9.17) is 52.1 Å². The molecule has 11 nitrogen and oxygen atoms in total. The first-order chi connectivity index (χ1) is 27.1. The number of aromatic nitrogens is 4. The third-order valence-corrected chi connectivity index (χ3v) is 11.6. The number of hydrogen-bond donors (Lipinski definition) is 0. The molecule has 56 heavy (non-hydrogen) atoms. The fourth-order valence-electron chi connectivity index (χ4n) is 8.41. The van der Waals surface area contributed by atoms with Gasteiger partial charge in [-0.05, 0) is 74.7 Å². The van der Waals surface area contributed by atoms with Gasteiger partial charge < -0.3 is 28.7 Å². The molecule has 2 aromatic carbocycles. The van der Waals surface area contributed by atoms with Gasteiger partial charge in [-0.3, -0.25) is 4.90 Å². The lowest BCUT2D eigenvalue weighted by Gasteiger charge is -2.37. The summed E-state index contributed by atoms with van der Waals surface area (Å²) in [5.41, 5.74) is 2.34. The van der Waals surface area contributed by atoms with Gasteiger partial charge in [0.05, 0.1) is 36.9 Å². The lowest BCUT2D eigenvalue weighted by Crippen LogP contribution is -2.43. The Kier molecular flexibility index (Phi) is 10.7. The van der Waals surface area contributed by atoms with Crippen molar-refractivity contribution in [3.8, 4) is 23.4 Å². The minimum atomic E-state index is -0.935. The normalized spacial score (nSPS) is 21.0. The molecule has 0 spiro atoms. The molecule has 0 unspecified atom stereocenters. The lowest BCUT2D eigenvalue weighted by atomic mass is 9.95. The molecule has 3 aliphatic rings. The van der Waals surface area contributed by atoms with E-state index in [1.165, 1.54) is 0 Å². The molecule has 294 valence electrons. The van der Waals surface area contributed by atoms with Crippen molar-refractivity contribution in [2.24, 2.45) is 0 Å². The van der Waals surface area contributed by atoms with Crippen LogP contribution in [0.25, 0.3) is 10.9 Å².